The summed E-state index contributed by atoms with van der Waals surface area (Å²) in [6, 6.07) is 7.33. The van der Waals surface area contributed by atoms with Gasteiger partial charge in [0.15, 0.2) is 0 Å². The number of ether oxygens (including phenoxy) is 2. The second-order valence-electron chi connectivity index (χ2n) is 3.45. The van der Waals surface area contributed by atoms with Crippen molar-refractivity contribution in [2.75, 3.05) is 13.2 Å². The molecule has 0 aliphatic heterocycles. The summed E-state index contributed by atoms with van der Waals surface area (Å²) in [4.78, 5) is 0. The van der Waals surface area contributed by atoms with Crippen molar-refractivity contribution in [3.05, 3.63) is 34.8 Å². The van der Waals surface area contributed by atoms with Crippen LogP contribution < -0.4 is 9.47 Å². The van der Waals surface area contributed by atoms with Gasteiger partial charge in [-0.2, -0.15) is 0 Å². The quantitative estimate of drug-likeness (QED) is 0.553. The number of halogens is 2. The maximum atomic E-state index is 5.54. The number of hydrogen-bond acceptors (Lipinski definition) is 2. The van der Waals surface area contributed by atoms with Crippen molar-refractivity contribution in [2.24, 2.45) is 0 Å². The van der Waals surface area contributed by atoms with Crippen LogP contribution in [0.3, 0.4) is 0 Å². The van der Waals surface area contributed by atoms with Crippen LogP contribution in [0.4, 0.5) is 0 Å². The molecular formula is C14H14Cl2O2. The highest BCUT2D eigenvalue weighted by Gasteiger charge is 1.95. The second-order valence-corrected chi connectivity index (χ2v) is 4.46. The molecule has 0 aliphatic carbocycles. The molecule has 96 valence electrons. The van der Waals surface area contributed by atoms with Crippen molar-refractivity contribution in [3.8, 4) is 23.8 Å². The Balaban J connectivity index is 2.27. The monoisotopic (exact) mass is 284 g/mol. The zero-order valence-corrected chi connectivity index (χ0v) is 11.4. The minimum atomic E-state index is 0.270. The standard InChI is InChI=1S/C14H14Cl2O2/c1-2-10-17-12-6-8-13(9-7-12)18-11-4-3-5-14(15)16/h1,5-9H,3-4,10-11H2. The van der Waals surface area contributed by atoms with Gasteiger partial charge in [-0.25, -0.2) is 0 Å². The van der Waals surface area contributed by atoms with E-state index in [2.05, 4.69) is 5.92 Å². The number of terminal acetylenes is 1. The first-order valence-electron chi connectivity index (χ1n) is 5.52. The maximum absolute atomic E-state index is 5.54. The molecule has 0 aliphatic rings. The topological polar surface area (TPSA) is 18.5 Å². The van der Waals surface area contributed by atoms with Crippen LogP contribution in [-0.2, 0) is 0 Å². The summed E-state index contributed by atoms with van der Waals surface area (Å²) in [5.74, 6) is 3.94. The number of hydrogen-bond donors (Lipinski definition) is 0. The van der Waals surface area contributed by atoms with E-state index in [1.54, 1.807) is 6.08 Å². The fraction of sp³-hybridized carbons (Fsp3) is 0.286. The first kappa shape index (κ1) is 14.8. The Morgan fingerprint density at radius 1 is 1.17 bits per heavy atom. The summed E-state index contributed by atoms with van der Waals surface area (Å²) in [6.07, 6.45) is 8.51. The van der Waals surface area contributed by atoms with Crippen LogP contribution >= 0.6 is 23.2 Å². The average Bonchev–Trinajstić information content (AvgIpc) is 2.37. The molecule has 0 fully saturated rings. The van der Waals surface area contributed by atoms with E-state index < -0.39 is 0 Å². The third kappa shape index (κ3) is 6.44. The molecule has 0 saturated carbocycles. The van der Waals surface area contributed by atoms with Gasteiger partial charge in [0.05, 0.1) is 6.61 Å². The van der Waals surface area contributed by atoms with Crippen LogP contribution in [0, 0.1) is 12.3 Å². The van der Waals surface area contributed by atoms with Crippen molar-refractivity contribution in [2.45, 2.75) is 12.8 Å². The van der Waals surface area contributed by atoms with Gasteiger partial charge in [0, 0.05) is 0 Å². The molecule has 2 nitrogen and oxygen atoms in total. The third-order valence-electron chi connectivity index (χ3n) is 2.06. The summed E-state index contributed by atoms with van der Waals surface area (Å²) < 4.78 is 11.1. The van der Waals surface area contributed by atoms with Crippen molar-refractivity contribution < 1.29 is 9.47 Å². The second kappa shape index (κ2) is 8.74. The summed E-state index contributed by atoms with van der Waals surface area (Å²) >= 11 is 11.0. The van der Waals surface area contributed by atoms with Crippen LogP contribution in [0.15, 0.2) is 34.8 Å². The van der Waals surface area contributed by atoms with E-state index in [1.165, 1.54) is 0 Å². The molecule has 0 bridgehead atoms. The Morgan fingerprint density at radius 2 is 1.78 bits per heavy atom. The van der Waals surface area contributed by atoms with Crippen LogP contribution in [0.25, 0.3) is 0 Å². The minimum absolute atomic E-state index is 0.270. The SMILES string of the molecule is C#CCOc1ccc(OCCCC=C(Cl)Cl)cc1. The molecule has 1 aromatic rings. The molecule has 0 aromatic heterocycles. The van der Waals surface area contributed by atoms with E-state index in [9.17, 15) is 0 Å². The molecule has 18 heavy (non-hydrogen) atoms. The number of allylic oxidation sites excluding steroid dienone is 1. The van der Waals surface area contributed by atoms with Gasteiger partial charge in [0.2, 0.25) is 0 Å². The Labute approximate surface area is 117 Å². The van der Waals surface area contributed by atoms with E-state index >= 15 is 0 Å². The van der Waals surface area contributed by atoms with Gasteiger partial charge in [-0.1, -0.05) is 35.2 Å². The highest BCUT2D eigenvalue weighted by atomic mass is 35.5. The highest BCUT2D eigenvalue weighted by Crippen LogP contribution is 2.18. The van der Waals surface area contributed by atoms with E-state index in [0.29, 0.717) is 11.1 Å². The summed E-state index contributed by atoms with van der Waals surface area (Å²) in [6.45, 7) is 0.883. The Kier molecular flexibility index (Phi) is 7.17. The maximum Gasteiger partial charge on any atom is 0.148 e. The average molecular weight is 285 g/mol. The van der Waals surface area contributed by atoms with Gasteiger partial charge >= 0.3 is 0 Å². The number of rotatable bonds is 7. The zero-order valence-electron chi connectivity index (χ0n) is 9.86. The lowest BCUT2D eigenvalue weighted by Crippen LogP contribution is -1.97. The van der Waals surface area contributed by atoms with Gasteiger partial charge < -0.3 is 9.47 Å². The van der Waals surface area contributed by atoms with E-state index in [4.69, 9.17) is 39.1 Å². The molecule has 4 heteroatoms. The van der Waals surface area contributed by atoms with Crippen molar-refractivity contribution in [3.63, 3.8) is 0 Å². The first-order valence-corrected chi connectivity index (χ1v) is 6.28. The summed E-state index contributed by atoms with van der Waals surface area (Å²) in [5.41, 5.74) is 0. The van der Waals surface area contributed by atoms with E-state index in [-0.39, 0.29) is 6.61 Å². The normalized spacial score (nSPS) is 9.39. The van der Waals surface area contributed by atoms with Crippen molar-refractivity contribution in [1.29, 1.82) is 0 Å². The van der Waals surface area contributed by atoms with Crippen LogP contribution in [-0.4, -0.2) is 13.2 Å². The highest BCUT2D eigenvalue weighted by molar-refractivity contribution is 6.55. The van der Waals surface area contributed by atoms with Crippen LogP contribution in [0.2, 0.25) is 0 Å². The van der Waals surface area contributed by atoms with Crippen molar-refractivity contribution >= 4 is 23.2 Å². The molecule has 0 N–H and O–H groups in total. The molecule has 0 saturated heterocycles. The predicted molar refractivity (Wildman–Crippen MR) is 75.3 cm³/mol. The minimum Gasteiger partial charge on any atom is -0.494 e. The number of unbranched alkanes of at least 4 members (excludes halogenated alkanes) is 1. The zero-order chi connectivity index (χ0) is 13.2. The smallest absolute Gasteiger partial charge is 0.148 e. The lowest BCUT2D eigenvalue weighted by molar-refractivity contribution is 0.310. The first-order chi connectivity index (χ1) is 8.72. The fourth-order valence-corrected chi connectivity index (χ4v) is 1.46. The predicted octanol–water partition coefficient (Wildman–Crippen LogP) is 4.18. The third-order valence-corrected chi connectivity index (χ3v) is 2.37. The van der Waals surface area contributed by atoms with Crippen LogP contribution in [0.1, 0.15) is 12.8 Å². The van der Waals surface area contributed by atoms with E-state index in [0.717, 1.165) is 24.3 Å². The molecule has 0 heterocycles. The fourth-order valence-electron chi connectivity index (χ4n) is 1.24. The molecule has 0 amide bonds. The molecular weight excluding hydrogens is 271 g/mol. The van der Waals surface area contributed by atoms with Crippen LogP contribution in [0.5, 0.6) is 11.5 Å². The lowest BCUT2D eigenvalue weighted by atomic mass is 10.3. The van der Waals surface area contributed by atoms with Gasteiger partial charge in [-0.15, -0.1) is 6.42 Å². The Bertz CT molecular complexity index is 414. The van der Waals surface area contributed by atoms with Gasteiger partial charge in [-0.3, -0.25) is 0 Å². The largest absolute Gasteiger partial charge is 0.494 e. The lowest BCUT2D eigenvalue weighted by Gasteiger charge is -2.06. The van der Waals surface area contributed by atoms with E-state index in [1.807, 2.05) is 24.3 Å². The van der Waals surface area contributed by atoms with Gasteiger partial charge in [0.1, 0.15) is 22.6 Å². The summed E-state index contributed by atoms with van der Waals surface area (Å²) in [5, 5.41) is 0. The molecule has 0 unspecified atom stereocenters. The van der Waals surface area contributed by atoms with Gasteiger partial charge in [-0.05, 0) is 37.1 Å². The summed E-state index contributed by atoms with van der Waals surface area (Å²) in [7, 11) is 0. The van der Waals surface area contributed by atoms with Crippen molar-refractivity contribution in [1.82, 2.24) is 0 Å². The molecule has 0 spiro atoms. The number of benzene rings is 1. The molecule has 0 radical (unpaired) electrons. The molecule has 1 rings (SSSR count). The Morgan fingerprint density at radius 3 is 2.33 bits per heavy atom. The molecule has 0 atom stereocenters. The molecule has 1 aromatic carbocycles. The van der Waals surface area contributed by atoms with Gasteiger partial charge in [0.25, 0.3) is 0 Å². The Hall–Kier alpha value is -1.30.